The Bertz CT molecular complexity index is 1300. The van der Waals surface area contributed by atoms with Crippen LogP contribution in [0, 0.1) is 11.2 Å². The molecule has 1 aromatic carbocycles. The van der Waals surface area contributed by atoms with Gasteiger partial charge >= 0.3 is 0 Å². The number of rotatable bonds is 4. The van der Waals surface area contributed by atoms with E-state index in [-0.39, 0.29) is 17.2 Å². The van der Waals surface area contributed by atoms with Gasteiger partial charge in [-0.25, -0.2) is 14.4 Å². The predicted molar refractivity (Wildman–Crippen MR) is 125 cm³/mol. The molecule has 1 unspecified atom stereocenters. The maximum atomic E-state index is 14.4. The van der Waals surface area contributed by atoms with Gasteiger partial charge in [-0.2, -0.15) is 0 Å². The fourth-order valence-corrected chi connectivity index (χ4v) is 5.30. The number of carbonyl (C=O) groups excluding carboxylic acids is 1. The lowest BCUT2D eigenvalue weighted by molar-refractivity contribution is -0.109. The Kier molecular flexibility index (Phi) is 5.18. The summed E-state index contributed by atoms with van der Waals surface area (Å²) in [5.41, 5.74) is 5.29. The summed E-state index contributed by atoms with van der Waals surface area (Å²) in [5.74, 6) is -0.403. The molecule has 1 atom stereocenters. The van der Waals surface area contributed by atoms with Gasteiger partial charge in [0.2, 0.25) is 0 Å². The number of benzene rings is 1. The molecule has 0 fully saturated rings. The number of nitrogens with zero attached hydrogens (tertiary/aromatic N) is 3. The lowest BCUT2D eigenvalue weighted by atomic mass is 9.71. The van der Waals surface area contributed by atoms with E-state index in [2.05, 4.69) is 23.8 Å². The van der Waals surface area contributed by atoms with E-state index in [1.54, 1.807) is 18.6 Å². The normalized spacial score (nSPS) is 17.0. The number of fused-ring (bicyclic) bond motifs is 1. The molecule has 0 radical (unpaired) electrons. The molecular weight excluding hydrogens is 421 g/mol. The Labute approximate surface area is 190 Å². The molecule has 0 saturated carbocycles. The molecule has 0 saturated heterocycles. The van der Waals surface area contributed by atoms with Gasteiger partial charge in [0, 0.05) is 30.2 Å². The zero-order valence-electron chi connectivity index (χ0n) is 17.9. The zero-order chi connectivity index (χ0) is 22.3. The molecule has 3 aromatic heterocycles. The summed E-state index contributed by atoms with van der Waals surface area (Å²) in [7, 11) is 0. The summed E-state index contributed by atoms with van der Waals surface area (Å²) in [6.07, 6.45) is 7.87. The third-order valence-corrected chi connectivity index (χ3v) is 6.98. The predicted octanol–water partition coefficient (Wildman–Crippen LogP) is 6.33. The van der Waals surface area contributed by atoms with Crippen LogP contribution in [0.2, 0.25) is 0 Å². The molecule has 0 spiro atoms. The van der Waals surface area contributed by atoms with Gasteiger partial charge in [-0.05, 0) is 76.9 Å². The molecule has 32 heavy (non-hydrogen) atoms. The minimum atomic E-state index is -0.293. The highest BCUT2D eigenvalue weighted by Crippen LogP contribution is 2.41. The maximum Gasteiger partial charge on any atom is 0.142 e. The van der Waals surface area contributed by atoms with E-state index in [0.717, 1.165) is 62.7 Å². The van der Waals surface area contributed by atoms with Gasteiger partial charge in [0.1, 0.15) is 17.1 Å². The minimum absolute atomic E-state index is 0.0309. The van der Waals surface area contributed by atoms with Crippen LogP contribution in [0.15, 0.2) is 61.1 Å². The van der Waals surface area contributed by atoms with Gasteiger partial charge in [-0.3, -0.25) is 4.98 Å². The zero-order valence-corrected chi connectivity index (χ0v) is 18.7. The minimum Gasteiger partial charge on any atom is -0.303 e. The van der Waals surface area contributed by atoms with Crippen LogP contribution in [0.25, 0.3) is 32.3 Å². The first-order valence-electron chi connectivity index (χ1n) is 10.5. The first-order chi connectivity index (χ1) is 15.4. The topological polar surface area (TPSA) is 55.7 Å². The fourth-order valence-electron chi connectivity index (χ4n) is 4.43. The van der Waals surface area contributed by atoms with Crippen LogP contribution in [0.3, 0.4) is 0 Å². The molecule has 4 aromatic rings. The second-order valence-corrected chi connectivity index (χ2v) is 10.0. The second-order valence-electron chi connectivity index (χ2n) is 9.01. The van der Waals surface area contributed by atoms with Crippen LogP contribution in [-0.2, 0) is 11.2 Å². The van der Waals surface area contributed by atoms with Crippen LogP contribution < -0.4 is 0 Å². The number of carbonyl (C=O) groups is 1. The first kappa shape index (κ1) is 20.6. The number of thiazole rings is 1. The van der Waals surface area contributed by atoms with Crippen molar-refractivity contribution in [3.8, 4) is 32.3 Å². The lowest BCUT2D eigenvalue weighted by Crippen LogP contribution is -2.27. The van der Waals surface area contributed by atoms with Crippen molar-refractivity contribution in [2.24, 2.45) is 5.41 Å². The Morgan fingerprint density at radius 3 is 2.62 bits per heavy atom. The Morgan fingerprint density at radius 2 is 1.84 bits per heavy atom. The van der Waals surface area contributed by atoms with Gasteiger partial charge < -0.3 is 4.79 Å². The molecule has 1 aliphatic rings. The molecule has 6 heteroatoms. The van der Waals surface area contributed by atoms with Crippen LogP contribution in [0.4, 0.5) is 4.39 Å². The number of pyridine rings is 2. The summed E-state index contributed by atoms with van der Waals surface area (Å²) in [5, 5.41) is 0.781. The van der Waals surface area contributed by atoms with Crippen LogP contribution in [-0.4, -0.2) is 21.2 Å². The monoisotopic (exact) mass is 443 g/mol. The van der Waals surface area contributed by atoms with Crippen molar-refractivity contribution < 1.29 is 9.18 Å². The van der Waals surface area contributed by atoms with Crippen LogP contribution in [0.1, 0.15) is 37.4 Å². The molecule has 4 nitrogen and oxygen atoms in total. The van der Waals surface area contributed by atoms with Crippen molar-refractivity contribution in [3.05, 3.63) is 78.1 Å². The molecule has 3 heterocycles. The Hall–Kier alpha value is -3.25. The van der Waals surface area contributed by atoms with E-state index in [9.17, 15) is 9.18 Å². The number of hydrogen-bond acceptors (Lipinski definition) is 5. The SMILES string of the molecule is CC1(C)Cc2nc(-c3ncc(-c4cc(F)cc(-c5ccncc5)c4)s3)ccc2C(C=O)C1. The maximum absolute atomic E-state index is 14.4. The molecule has 0 aliphatic heterocycles. The highest BCUT2D eigenvalue weighted by molar-refractivity contribution is 7.18. The molecule has 0 amide bonds. The van der Waals surface area contributed by atoms with Gasteiger partial charge in [-0.1, -0.05) is 19.9 Å². The molecule has 0 N–H and O–H groups in total. The summed E-state index contributed by atoms with van der Waals surface area (Å²) in [6, 6.07) is 12.7. The van der Waals surface area contributed by atoms with Crippen molar-refractivity contribution in [1.82, 2.24) is 15.0 Å². The third kappa shape index (κ3) is 3.98. The van der Waals surface area contributed by atoms with Gasteiger partial charge in [0.25, 0.3) is 0 Å². The Balaban J connectivity index is 1.50. The fraction of sp³-hybridized carbons (Fsp3) is 0.231. The van der Waals surface area contributed by atoms with E-state index in [1.807, 2.05) is 30.3 Å². The summed E-state index contributed by atoms with van der Waals surface area (Å²) < 4.78 is 14.4. The summed E-state index contributed by atoms with van der Waals surface area (Å²) >= 11 is 1.49. The molecular formula is C26H22FN3OS. The standard InChI is InChI=1S/C26H22FN3OS/c1-26(2)12-19(15-31)21-3-4-22(30-23(21)13-26)25-29-14-24(32-25)18-9-17(10-20(27)11-18)16-5-7-28-8-6-16/h3-11,14-15,19H,12-13H2,1-2H3. The highest BCUT2D eigenvalue weighted by Gasteiger charge is 2.33. The molecule has 0 bridgehead atoms. The number of hydrogen-bond donors (Lipinski definition) is 0. The largest absolute Gasteiger partial charge is 0.303 e. The van der Waals surface area contributed by atoms with Gasteiger partial charge in [-0.15, -0.1) is 11.3 Å². The number of aldehydes is 1. The number of halogens is 1. The van der Waals surface area contributed by atoms with E-state index >= 15 is 0 Å². The smallest absolute Gasteiger partial charge is 0.142 e. The average molecular weight is 444 g/mol. The third-order valence-electron chi connectivity index (χ3n) is 5.91. The van der Waals surface area contributed by atoms with Crippen molar-refractivity contribution >= 4 is 17.6 Å². The number of aromatic nitrogens is 3. The lowest BCUT2D eigenvalue weighted by Gasteiger charge is -2.34. The van der Waals surface area contributed by atoms with Crippen molar-refractivity contribution in [2.75, 3.05) is 0 Å². The average Bonchev–Trinajstić information content (AvgIpc) is 3.28. The van der Waals surface area contributed by atoms with Crippen molar-refractivity contribution in [1.29, 1.82) is 0 Å². The second kappa shape index (κ2) is 8.02. The molecule has 1 aliphatic carbocycles. The summed E-state index contributed by atoms with van der Waals surface area (Å²) in [4.78, 5) is 26.0. The summed E-state index contributed by atoms with van der Waals surface area (Å²) in [6.45, 7) is 4.35. The van der Waals surface area contributed by atoms with Gasteiger partial charge in [0.15, 0.2) is 0 Å². The quantitative estimate of drug-likeness (QED) is 0.346. The molecule has 160 valence electrons. The molecule has 5 rings (SSSR count). The Morgan fingerprint density at radius 1 is 1.06 bits per heavy atom. The van der Waals surface area contributed by atoms with E-state index in [1.165, 1.54) is 23.5 Å². The first-order valence-corrected chi connectivity index (χ1v) is 11.4. The van der Waals surface area contributed by atoms with Crippen LogP contribution in [0.5, 0.6) is 0 Å². The highest BCUT2D eigenvalue weighted by atomic mass is 32.1. The van der Waals surface area contributed by atoms with Gasteiger partial charge in [0.05, 0.1) is 10.6 Å². The van der Waals surface area contributed by atoms with E-state index in [4.69, 9.17) is 4.98 Å². The van der Waals surface area contributed by atoms with E-state index in [0.29, 0.717) is 0 Å². The van der Waals surface area contributed by atoms with Crippen molar-refractivity contribution in [3.63, 3.8) is 0 Å². The van der Waals surface area contributed by atoms with Crippen molar-refractivity contribution in [2.45, 2.75) is 32.6 Å². The van der Waals surface area contributed by atoms with E-state index < -0.39 is 0 Å². The van der Waals surface area contributed by atoms with Crippen LogP contribution >= 0.6 is 11.3 Å².